The minimum absolute atomic E-state index is 0.0744. The summed E-state index contributed by atoms with van der Waals surface area (Å²) in [5, 5.41) is 5.77. The summed E-state index contributed by atoms with van der Waals surface area (Å²) in [5.74, 6) is -0.395. The molecule has 0 radical (unpaired) electrons. The van der Waals surface area contributed by atoms with Crippen LogP contribution in [-0.2, 0) is 0 Å². The lowest BCUT2D eigenvalue weighted by Gasteiger charge is -2.11. The lowest BCUT2D eigenvalue weighted by atomic mass is 9.94. The van der Waals surface area contributed by atoms with Crippen LogP contribution in [0.3, 0.4) is 0 Å². The number of pyridine rings is 1. The monoisotopic (exact) mass is 465 g/mol. The molecule has 0 unspecified atom stereocenters. The molecule has 0 atom stereocenters. The number of carbonyl (C=O) groups is 1. The number of nitrogens with one attached hydrogen (secondary N) is 1. The molecule has 5 nitrogen and oxygen atoms in total. The molecule has 0 aliphatic rings. The van der Waals surface area contributed by atoms with Crippen LogP contribution in [0.1, 0.15) is 21.6 Å². The number of benzene rings is 3. The van der Waals surface area contributed by atoms with Gasteiger partial charge in [-0.25, -0.2) is 4.68 Å². The van der Waals surface area contributed by atoms with E-state index in [0.29, 0.717) is 21.5 Å². The second-order valence-electron chi connectivity index (χ2n) is 7.91. The van der Waals surface area contributed by atoms with Crippen LogP contribution in [-0.4, -0.2) is 20.5 Å². The molecule has 6 heteroatoms. The number of hydrogen-bond donors (Lipinski definition) is 1. The topological polar surface area (TPSA) is 67.8 Å². The minimum Gasteiger partial charge on any atom is -0.321 e. The van der Waals surface area contributed by atoms with Crippen molar-refractivity contribution in [3.8, 4) is 16.8 Å². The van der Waals surface area contributed by atoms with Gasteiger partial charge in [0.2, 0.25) is 0 Å². The van der Waals surface area contributed by atoms with Crippen molar-refractivity contribution in [2.75, 3.05) is 0 Å². The van der Waals surface area contributed by atoms with Crippen molar-refractivity contribution in [1.29, 1.82) is 0 Å². The number of carbonyl (C=O) groups excluding carboxylic acids is 1. The van der Waals surface area contributed by atoms with Crippen molar-refractivity contribution in [2.45, 2.75) is 6.92 Å². The van der Waals surface area contributed by atoms with Crippen LogP contribution in [0.15, 0.2) is 95.9 Å². The van der Waals surface area contributed by atoms with Crippen LogP contribution in [0.2, 0.25) is 5.02 Å². The Morgan fingerprint density at radius 2 is 1.71 bits per heavy atom. The van der Waals surface area contributed by atoms with E-state index in [2.05, 4.69) is 10.1 Å². The molecule has 5 rings (SSSR count). The number of rotatable bonds is 5. The fraction of sp³-hybridized carbons (Fsp3) is 0.0357. The molecule has 3 aromatic carbocycles. The predicted molar refractivity (Wildman–Crippen MR) is 137 cm³/mol. The minimum atomic E-state index is -0.444. The molecule has 0 bridgehead atoms. The molecule has 0 fully saturated rings. The van der Waals surface area contributed by atoms with E-state index in [-0.39, 0.29) is 5.56 Å². The average molecular weight is 466 g/mol. The highest BCUT2D eigenvalue weighted by Crippen LogP contribution is 2.31. The standard InChI is InChI=1S/C28H20ClN3O2/c1-18-20(17-32(31-18)22-10-6-3-7-11-22)12-15-25(33)27-26(19-8-4-2-5-9-19)23-16-21(29)13-14-24(23)30-28(27)34/h2-17H,1H3,(H,30,34)/b15-12+. The zero-order valence-corrected chi connectivity index (χ0v) is 19.1. The molecule has 0 amide bonds. The normalized spacial score (nSPS) is 11.4. The number of aromatic nitrogens is 3. The SMILES string of the molecule is Cc1nn(-c2ccccc2)cc1/C=C/C(=O)c1c(-c2ccccc2)c2cc(Cl)ccc2[nH]c1=O. The highest BCUT2D eigenvalue weighted by Gasteiger charge is 2.19. The number of ketones is 1. The quantitative estimate of drug-likeness (QED) is 0.247. The number of allylic oxidation sites excluding steroid dienone is 1. The Labute approximate surface area is 201 Å². The fourth-order valence-electron chi connectivity index (χ4n) is 4.00. The van der Waals surface area contributed by atoms with E-state index in [0.717, 1.165) is 22.5 Å². The molecular weight excluding hydrogens is 446 g/mol. The van der Waals surface area contributed by atoms with Crippen LogP contribution in [0.4, 0.5) is 0 Å². The molecule has 34 heavy (non-hydrogen) atoms. The summed E-state index contributed by atoms with van der Waals surface area (Å²) in [4.78, 5) is 29.3. The zero-order chi connectivity index (χ0) is 23.7. The van der Waals surface area contributed by atoms with Crippen LogP contribution in [0.25, 0.3) is 33.8 Å². The smallest absolute Gasteiger partial charge is 0.260 e. The summed E-state index contributed by atoms with van der Waals surface area (Å²) < 4.78 is 1.76. The summed E-state index contributed by atoms with van der Waals surface area (Å²) >= 11 is 6.26. The van der Waals surface area contributed by atoms with Crippen molar-refractivity contribution in [1.82, 2.24) is 14.8 Å². The highest BCUT2D eigenvalue weighted by molar-refractivity contribution is 6.31. The van der Waals surface area contributed by atoms with Crippen molar-refractivity contribution < 1.29 is 4.79 Å². The summed E-state index contributed by atoms with van der Waals surface area (Å²) in [5.41, 5.74) is 4.07. The maximum Gasteiger partial charge on any atom is 0.260 e. The van der Waals surface area contributed by atoms with Crippen LogP contribution < -0.4 is 5.56 Å². The van der Waals surface area contributed by atoms with Gasteiger partial charge in [0.25, 0.3) is 5.56 Å². The third-order valence-corrected chi connectivity index (χ3v) is 5.89. The molecule has 0 spiro atoms. The Bertz CT molecular complexity index is 1600. The van der Waals surface area contributed by atoms with Crippen LogP contribution in [0, 0.1) is 6.92 Å². The number of hydrogen-bond acceptors (Lipinski definition) is 3. The first-order valence-electron chi connectivity index (χ1n) is 10.8. The second kappa shape index (κ2) is 8.96. The summed E-state index contributed by atoms with van der Waals surface area (Å²) in [7, 11) is 0. The molecule has 166 valence electrons. The Morgan fingerprint density at radius 1 is 1.00 bits per heavy atom. The Hall–Kier alpha value is -4.22. The summed E-state index contributed by atoms with van der Waals surface area (Å²) in [6.07, 6.45) is 4.98. The van der Waals surface area contributed by atoms with Gasteiger partial charge in [-0.15, -0.1) is 0 Å². The first-order chi connectivity index (χ1) is 16.5. The molecule has 2 aromatic heterocycles. The van der Waals surface area contributed by atoms with Gasteiger partial charge in [0, 0.05) is 33.2 Å². The Morgan fingerprint density at radius 3 is 2.44 bits per heavy atom. The number of halogens is 1. The lowest BCUT2D eigenvalue weighted by Crippen LogP contribution is -2.18. The summed E-state index contributed by atoms with van der Waals surface area (Å²) in [6, 6.07) is 24.4. The van der Waals surface area contributed by atoms with E-state index in [1.54, 1.807) is 29.0 Å². The highest BCUT2D eigenvalue weighted by atomic mass is 35.5. The van der Waals surface area contributed by atoms with E-state index >= 15 is 0 Å². The summed E-state index contributed by atoms with van der Waals surface area (Å²) in [6.45, 7) is 1.88. The molecule has 0 aliphatic carbocycles. The van der Waals surface area contributed by atoms with Gasteiger partial charge in [-0.1, -0.05) is 60.1 Å². The number of H-pyrrole nitrogens is 1. The second-order valence-corrected chi connectivity index (χ2v) is 8.34. The maximum absolute atomic E-state index is 13.4. The number of para-hydroxylation sites is 1. The molecule has 5 aromatic rings. The third kappa shape index (κ3) is 4.09. The van der Waals surface area contributed by atoms with Gasteiger partial charge >= 0.3 is 0 Å². The fourth-order valence-corrected chi connectivity index (χ4v) is 4.18. The van der Waals surface area contributed by atoms with Crippen molar-refractivity contribution in [3.63, 3.8) is 0 Å². The molecule has 0 saturated heterocycles. The number of nitrogens with zero attached hydrogens (tertiary/aromatic N) is 2. The van der Waals surface area contributed by atoms with Gasteiger partial charge in [0.15, 0.2) is 5.78 Å². The predicted octanol–water partition coefficient (Wildman–Crippen LogP) is 6.24. The van der Waals surface area contributed by atoms with Gasteiger partial charge in [-0.2, -0.15) is 5.10 Å². The van der Waals surface area contributed by atoms with Crippen molar-refractivity contribution in [3.05, 3.63) is 123 Å². The van der Waals surface area contributed by atoms with Gasteiger partial charge < -0.3 is 4.98 Å². The third-order valence-electron chi connectivity index (χ3n) is 5.66. The molecule has 0 saturated carbocycles. The molecule has 0 aliphatic heterocycles. The number of aryl methyl sites for hydroxylation is 1. The van der Waals surface area contributed by atoms with E-state index in [9.17, 15) is 9.59 Å². The molecule has 2 heterocycles. The Kier molecular flexibility index (Phi) is 5.70. The van der Waals surface area contributed by atoms with Gasteiger partial charge in [-0.05, 0) is 55.0 Å². The largest absolute Gasteiger partial charge is 0.321 e. The Balaban J connectivity index is 1.61. The number of aromatic amines is 1. The first kappa shape index (κ1) is 21.6. The van der Waals surface area contributed by atoms with Gasteiger partial charge in [0.05, 0.1) is 16.9 Å². The van der Waals surface area contributed by atoms with E-state index in [1.807, 2.05) is 73.8 Å². The number of fused-ring (bicyclic) bond motifs is 1. The van der Waals surface area contributed by atoms with Crippen molar-refractivity contribution >= 4 is 34.4 Å². The molecular formula is C28H20ClN3O2. The average Bonchev–Trinajstić information content (AvgIpc) is 3.23. The maximum atomic E-state index is 13.4. The van der Waals surface area contributed by atoms with Crippen LogP contribution >= 0.6 is 11.6 Å². The van der Waals surface area contributed by atoms with Gasteiger partial charge in [-0.3, -0.25) is 9.59 Å². The van der Waals surface area contributed by atoms with Crippen LogP contribution in [0.5, 0.6) is 0 Å². The molecule has 1 N–H and O–H groups in total. The van der Waals surface area contributed by atoms with E-state index in [1.165, 1.54) is 6.08 Å². The van der Waals surface area contributed by atoms with Gasteiger partial charge in [0.1, 0.15) is 0 Å². The van der Waals surface area contributed by atoms with Crippen molar-refractivity contribution in [2.24, 2.45) is 0 Å². The van der Waals surface area contributed by atoms with E-state index < -0.39 is 11.3 Å². The first-order valence-corrected chi connectivity index (χ1v) is 11.1. The zero-order valence-electron chi connectivity index (χ0n) is 18.3. The lowest BCUT2D eigenvalue weighted by molar-refractivity contribution is 0.104. The van der Waals surface area contributed by atoms with E-state index in [4.69, 9.17) is 11.6 Å².